The maximum atomic E-state index is 12.1. The number of aliphatic imine (C=N–C) groups is 1. The molecule has 1 aliphatic rings. The van der Waals surface area contributed by atoms with Gasteiger partial charge in [0.1, 0.15) is 12.4 Å². The summed E-state index contributed by atoms with van der Waals surface area (Å²) in [4.78, 5) is 16.4. The number of hydrogen-bond donors (Lipinski definition) is 0. The molecule has 0 atom stereocenters. The van der Waals surface area contributed by atoms with Crippen molar-refractivity contribution in [2.24, 2.45) is 4.99 Å². The highest BCUT2D eigenvalue weighted by molar-refractivity contribution is 14.1. The smallest absolute Gasteiger partial charge is 0.363 e. The molecular weight excluding hydrogens is 465 g/mol. The number of carbonyl (C=O) groups is 1. The SMILES string of the molecule is C=C(C)COc1ccc(/C=C2\N=C(c3cc(I)ccc3Cl)OC2=O)cc1. The third-order valence-electron chi connectivity index (χ3n) is 3.45. The molecule has 0 saturated heterocycles. The van der Waals surface area contributed by atoms with E-state index in [4.69, 9.17) is 21.1 Å². The van der Waals surface area contributed by atoms with E-state index in [1.165, 1.54) is 0 Å². The van der Waals surface area contributed by atoms with Gasteiger partial charge in [0.15, 0.2) is 5.70 Å². The maximum Gasteiger partial charge on any atom is 0.363 e. The molecule has 132 valence electrons. The summed E-state index contributed by atoms with van der Waals surface area (Å²) in [5, 5.41) is 0.484. The van der Waals surface area contributed by atoms with Crippen LogP contribution in [-0.4, -0.2) is 18.5 Å². The number of nitrogens with zero attached hydrogens (tertiary/aromatic N) is 1. The molecule has 0 N–H and O–H groups in total. The second kappa shape index (κ2) is 8.05. The molecule has 0 saturated carbocycles. The van der Waals surface area contributed by atoms with Gasteiger partial charge in [0.05, 0.1) is 10.6 Å². The quantitative estimate of drug-likeness (QED) is 0.255. The van der Waals surface area contributed by atoms with Crippen LogP contribution in [0.15, 0.2) is 65.3 Å². The number of hydrogen-bond acceptors (Lipinski definition) is 4. The molecule has 26 heavy (non-hydrogen) atoms. The van der Waals surface area contributed by atoms with E-state index in [1.807, 2.05) is 43.3 Å². The van der Waals surface area contributed by atoms with Gasteiger partial charge in [0, 0.05) is 3.57 Å². The van der Waals surface area contributed by atoms with E-state index < -0.39 is 5.97 Å². The number of cyclic esters (lactones) is 1. The molecule has 6 heteroatoms. The van der Waals surface area contributed by atoms with Crippen molar-refractivity contribution in [2.45, 2.75) is 6.92 Å². The van der Waals surface area contributed by atoms with Crippen LogP contribution in [-0.2, 0) is 9.53 Å². The summed E-state index contributed by atoms with van der Waals surface area (Å²) in [6, 6.07) is 12.8. The van der Waals surface area contributed by atoms with Crippen molar-refractivity contribution in [3.63, 3.8) is 0 Å². The van der Waals surface area contributed by atoms with Crippen LogP contribution in [0.5, 0.6) is 5.75 Å². The summed E-state index contributed by atoms with van der Waals surface area (Å²) in [5.74, 6) is 0.447. The first-order valence-electron chi connectivity index (χ1n) is 7.77. The maximum absolute atomic E-state index is 12.1. The summed E-state index contributed by atoms with van der Waals surface area (Å²) >= 11 is 8.35. The monoisotopic (exact) mass is 479 g/mol. The van der Waals surface area contributed by atoms with Gasteiger partial charge < -0.3 is 9.47 Å². The zero-order chi connectivity index (χ0) is 18.7. The van der Waals surface area contributed by atoms with Crippen LogP contribution >= 0.6 is 34.2 Å². The topological polar surface area (TPSA) is 47.9 Å². The average Bonchev–Trinajstić information content (AvgIpc) is 2.97. The minimum absolute atomic E-state index is 0.214. The first-order valence-corrected chi connectivity index (χ1v) is 9.23. The van der Waals surface area contributed by atoms with Crippen LogP contribution in [0, 0.1) is 3.57 Å². The molecule has 0 aromatic heterocycles. The lowest BCUT2D eigenvalue weighted by Crippen LogP contribution is -2.06. The number of halogens is 2. The Morgan fingerprint density at radius 3 is 2.73 bits per heavy atom. The molecule has 2 aromatic carbocycles. The fourth-order valence-electron chi connectivity index (χ4n) is 2.21. The predicted molar refractivity (Wildman–Crippen MR) is 112 cm³/mol. The van der Waals surface area contributed by atoms with E-state index in [0.29, 0.717) is 17.2 Å². The van der Waals surface area contributed by atoms with Gasteiger partial charge in [0.25, 0.3) is 0 Å². The number of ether oxygens (including phenoxy) is 2. The Hall–Kier alpha value is -2.12. The van der Waals surface area contributed by atoms with E-state index in [1.54, 1.807) is 12.1 Å². The van der Waals surface area contributed by atoms with E-state index in [0.717, 1.165) is 20.5 Å². The summed E-state index contributed by atoms with van der Waals surface area (Å²) in [6.45, 7) is 6.17. The largest absolute Gasteiger partial charge is 0.489 e. The van der Waals surface area contributed by atoms with Crippen LogP contribution in [0.3, 0.4) is 0 Å². The van der Waals surface area contributed by atoms with Crippen molar-refractivity contribution in [2.75, 3.05) is 6.61 Å². The molecule has 3 rings (SSSR count). The number of benzene rings is 2. The van der Waals surface area contributed by atoms with Gasteiger partial charge >= 0.3 is 5.97 Å². The molecule has 1 heterocycles. The van der Waals surface area contributed by atoms with Crippen LogP contribution in [0.1, 0.15) is 18.1 Å². The average molecular weight is 480 g/mol. The molecule has 0 radical (unpaired) electrons. The predicted octanol–water partition coefficient (Wildman–Crippen LogP) is 5.24. The third-order valence-corrected chi connectivity index (χ3v) is 4.45. The second-order valence-electron chi connectivity index (χ2n) is 5.78. The zero-order valence-corrected chi connectivity index (χ0v) is 16.9. The molecule has 4 nitrogen and oxygen atoms in total. The van der Waals surface area contributed by atoms with Crippen LogP contribution in [0.4, 0.5) is 0 Å². The van der Waals surface area contributed by atoms with Crippen molar-refractivity contribution >= 4 is 52.1 Å². The highest BCUT2D eigenvalue weighted by Gasteiger charge is 2.25. The van der Waals surface area contributed by atoms with Gasteiger partial charge in [-0.3, -0.25) is 0 Å². The Bertz CT molecular complexity index is 933. The lowest BCUT2D eigenvalue weighted by molar-refractivity contribution is -0.129. The summed E-state index contributed by atoms with van der Waals surface area (Å²) in [5.41, 5.74) is 2.59. The molecule has 0 fully saturated rings. The molecule has 0 aliphatic carbocycles. The summed E-state index contributed by atoms with van der Waals surface area (Å²) in [6.07, 6.45) is 1.67. The van der Waals surface area contributed by atoms with Crippen molar-refractivity contribution in [3.8, 4) is 5.75 Å². The van der Waals surface area contributed by atoms with E-state index in [-0.39, 0.29) is 11.6 Å². The number of rotatable bonds is 5. The standard InChI is InChI=1S/C20H15ClINO3/c1-12(2)11-25-15-6-3-13(4-7-15)9-18-20(24)26-19(23-18)16-10-14(22)5-8-17(16)21/h3-10H,1,11H2,2H3/b18-9-. The van der Waals surface area contributed by atoms with Crippen LogP contribution in [0.2, 0.25) is 5.02 Å². The van der Waals surface area contributed by atoms with Crippen molar-refractivity contribution in [3.05, 3.63) is 80.0 Å². The van der Waals surface area contributed by atoms with Gasteiger partial charge in [-0.25, -0.2) is 9.79 Å². The Balaban J connectivity index is 1.82. The molecule has 0 spiro atoms. The summed E-state index contributed by atoms with van der Waals surface area (Å²) < 4.78 is 11.8. The second-order valence-corrected chi connectivity index (χ2v) is 7.43. The van der Waals surface area contributed by atoms with E-state index in [2.05, 4.69) is 34.2 Å². The summed E-state index contributed by atoms with van der Waals surface area (Å²) in [7, 11) is 0. The van der Waals surface area contributed by atoms with Crippen molar-refractivity contribution in [1.82, 2.24) is 0 Å². The molecule has 2 aromatic rings. The zero-order valence-electron chi connectivity index (χ0n) is 14.0. The van der Waals surface area contributed by atoms with Crippen LogP contribution in [0.25, 0.3) is 6.08 Å². The lowest BCUT2D eigenvalue weighted by atomic mass is 10.2. The first-order chi connectivity index (χ1) is 12.4. The van der Waals surface area contributed by atoms with Gasteiger partial charge in [-0.05, 0) is 77.1 Å². The highest BCUT2D eigenvalue weighted by atomic mass is 127. The highest BCUT2D eigenvalue weighted by Crippen LogP contribution is 2.25. The Morgan fingerprint density at radius 2 is 2.04 bits per heavy atom. The first kappa shape index (κ1) is 18.7. The van der Waals surface area contributed by atoms with E-state index >= 15 is 0 Å². The Morgan fingerprint density at radius 1 is 1.31 bits per heavy atom. The minimum atomic E-state index is -0.502. The molecular formula is C20H15ClINO3. The van der Waals surface area contributed by atoms with Crippen molar-refractivity contribution < 1.29 is 14.3 Å². The van der Waals surface area contributed by atoms with Gasteiger partial charge in [0.2, 0.25) is 5.90 Å². The minimum Gasteiger partial charge on any atom is -0.489 e. The molecule has 0 bridgehead atoms. The normalized spacial score (nSPS) is 15.0. The van der Waals surface area contributed by atoms with Crippen molar-refractivity contribution in [1.29, 1.82) is 0 Å². The fourth-order valence-corrected chi connectivity index (χ4v) is 2.90. The Kier molecular flexibility index (Phi) is 5.78. The number of esters is 1. The fraction of sp³-hybridized carbons (Fsp3) is 0.100. The third kappa shape index (κ3) is 4.53. The van der Waals surface area contributed by atoms with Gasteiger partial charge in [-0.1, -0.05) is 30.3 Å². The number of carbonyl (C=O) groups excluding carboxylic acids is 1. The molecule has 0 amide bonds. The van der Waals surface area contributed by atoms with E-state index in [9.17, 15) is 4.79 Å². The van der Waals surface area contributed by atoms with Gasteiger partial charge in [-0.2, -0.15) is 0 Å². The lowest BCUT2D eigenvalue weighted by Gasteiger charge is -2.05. The molecule has 1 aliphatic heterocycles. The van der Waals surface area contributed by atoms with Gasteiger partial charge in [-0.15, -0.1) is 0 Å². The Labute approximate surface area is 170 Å². The molecule has 0 unspecified atom stereocenters. The van der Waals surface area contributed by atoms with Crippen LogP contribution < -0.4 is 4.74 Å².